The molecule has 116 valence electrons. The van der Waals surface area contributed by atoms with Gasteiger partial charge in [0, 0.05) is 24.1 Å². The van der Waals surface area contributed by atoms with E-state index < -0.39 is 5.91 Å². The van der Waals surface area contributed by atoms with Crippen LogP contribution in [0.3, 0.4) is 0 Å². The summed E-state index contributed by atoms with van der Waals surface area (Å²) in [6.07, 6.45) is 1.43. The molecule has 4 N–H and O–H groups in total. The lowest BCUT2D eigenvalue weighted by Gasteiger charge is -2.07. The third-order valence-electron chi connectivity index (χ3n) is 3.33. The Morgan fingerprint density at radius 3 is 2.57 bits per heavy atom. The molecule has 0 saturated carbocycles. The molecule has 0 atom stereocenters. The molecule has 2 aromatic rings. The molecule has 0 saturated heterocycles. The molecule has 5 heteroatoms. The van der Waals surface area contributed by atoms with E-state index in [4.69, 9.17) is 11.0 Å². The molecule has 0 bridgehead atoms. The molecule has 0 spiro atoms. The number of benzene rings is 2. The number of carbonyl (C=O) groups excluding carboxylic acids is 1. The number of nitriles is 1. The van der Waals surface area contributed by atoms with Crippen molar-refractivity contribution in [1.82, 2.24) is 5.32 Å². The maximum Gasteiger partial charge on any atom is 0.267 e. The highest BCUT2D eigenvalue weighted by molar-refractivity contribution is 6.06. The van der Waals surface area contributed by atoms with Crippen LogP contribution in [0.1, 0.15) is 11.1 Å². The fourth-order valence-electron chi connectivity index (χ4n) is 1.98. The standard InChI is InChI=1S/C18H18N4O/c1-13-4-2-3-5-14(13)11-21-12-15(10-19)18(23)22-17-8-6-16(20)7-9-17/h2-9,12,21H,11,20H2,1H3,(H,22,23)/b15-12-. The Balaban J connectivity index is 1.98. The van der Waals surface area contributed by atoms with Gasteiger partial charge in [0.25, 0.3) is 5.91 Å². The van der Waals surface area contributed by atoms with Crippen molar-refractivity contribution < 1.29 is 4.79 Å². The van der Waals surface area contributed by atoms with E-state index in [-0.39, 0.29) is 5.57 Å². The molecular weight excluding hydrogens is 288 g/mol. The van der Waals surface area contributed by atoms with E-state index in [1.807, 2.05) is 37.3 Å². The normalized spacial score (nSPS) is 10.7. The highest BCUT2D eigenvalue weighted by Gasteiger charge is 2.09. The number of hydrogen-bond acceptors (Lipinski definition) is 4. The summed E-state index contributed by atoms with van der Waals surface area (Å²) in [5.41, 5.74) is 9.06. The van der Waals surface area contributed by atoms with E-state index in [0.717, 1.165) is 11.1 Å². The summed E-state index contributed by atoms with van der Waals surface area (Å²) < 4.78 is 0. The SMILES string of the molecule is Cc1ccccc1CN/C=C(/C#N)C(=O)Nc1ccc(N)cc1. The van der Waals surface area contributed by atoms with Crippen LogP contribution >= 0.6 is 0 Å². The molecule has 2 rings (SSSR count). The number of nitrogens with two attached hydrogens (primary N) is 1. The average molecular weight is 306 g/mol. The van der Waals surface area contributed by atoms with Crippen LogP contribution in [0, 0.1) is 18.3 Å². The van der Waals surface area contributed by atoms with Gasteiger partial charge >= 0.3 is 0 Å². The second-order valence-corrected chi connectivity index (χ2v) is 5.05. The van der Waals surface area contributed by atoms with Gasteiger partial charge in [-0.15, -0.1) is 0 Å². The van der Waals surface area contributed by atoms with Crippen LogP contribution in [-0.4, -0.2) is 5.91 Å². The van der Waals surface area contributed by atoms with Crippen LogP contribution in [0.4, 0.5) is 11.4 Å². The van der Waals surface area contributed by atoms with E-state index in [1.54, 1.807) is 24.3 Å². The van der Waals surface area contributed by atoms with E-state index in [0.29, 0.717) is 17.9 Å². The largest absolute Gasteiger partial charge is 0.399 e. The number of amides is 1. The Morgan fingerprint density at radius 1 is 1.22 bits per heavy atom. The van der Waals surface area contributed by atoms with Crippen molar-refractivity contribution in [2.75, 3.05) is 11.1 Å². The van der Waals surface area contributed by atoms with Gasteiger partial charge in [-0.3, -0.25) is 4.79 Å². The number of nitrogen functional groups attached to an aromatic ring is 1. The lowest BCUT2D eigenvalue weighted by atomic mass is 10.1. The summed E-state index contributed by atoms with van der Waals surface area (Å²) in [6, 6.07) is 16.6. The number of rotatable bonds is 5. The van der Waals surface area contributed by atoms with Crippen LogP contribution in [-0.2, 0) is 11.3 Å². The quantitative estimate of drug-likeness (QED) is 0.450. The average Bonchev–Trinajstić information content (AvgIpc) is 2.55. The van der Waals surface area contributed by atoms with Gasteiger partial charge < -0.3 is 16.4 Å². The number of anilines is 2. The lowest BCUT2D eigenvalue weighted by molar-refractivity contribution is -0.112. The minimum absolute atomic E-state index is 0.00964. The molecule has 0 radical (unpaired) electrons. The maximum absolute atomic E-state index is 12.1. The van der Waals surface area contributed by atoms with Gasteiger partial charge in [0.05, 0.1) is 0 Å². The third kappa shape index (κ3) is 4.61. The summed E-state index contributed by atoms with van der Waals surface area (Å²) in [4.78, 5) is 12.1. The van der Waals surface area contributed by atoms with Gasteiger partial charge in [0.15, 0.2) is 0 Å². The van der Waals surface area contributed by atoms with Crippen LogP contribution in [0.5, 0.6) is 0 Å². The highest BCUT2D eigenvalue weighted by atomic mass is 16.1. The van der Waals surface area contributed by atoms with E-state index in [9.17, 15) is 4.79 Å². The van der Waals surface area contributed by atoms with Gasteiger partial charge in [-0.05, 0) is 42.3 Å². The predicted molar refractivity (Wildman–Crippen MR) is 91.2 cm³/mol. The highest BCUT2D eigenvalue weighted by Crippen LogP contribution is 2.11. The van der Waals surface area contributed by atoms with Gasteiger partial charge in [-0.25, -0.2) is 0 Å². The zero-order valence-electron chi connectivity index (χ0n) is 12.8. The number of aryl methyl sites for hydroxylation is 1. The smallest absolute Gasteiger partial charge is 0.267 e. The zero-order valence-corrected chi connectivity index (χ0v) is 12.8. The first kappa shape index (κ1) is 16.1. The lowest BCUT2D eigenvalue weighted by Crippen LogP contribution is -2.16. The monoisotopic (exact) mass is 306 g/mol. The van der Waals surface area contributed by atoms with Crippen molar-refractivity contribution in [3.63, 3.8) is 0 Å². The number of nitrogens with one attached hydrogen (secondary N) is 2. The molecule has 2 aromatic carbocycles. The second-order valence-electron chi connectivity index (χ2n) is 5.05. The van der Waals surface area contributed by atoms with Crippen molar-refractivity contribution >= 4 is 17.3 Å². The van der Waals surface area contributed by atoms with Crippen molar-refractivity contribution in [1.29, 1.82) is 5.26 Å². The Morgan fingerprint density at radius 2 is 1.91 bits per heavy atom. The molecule has 0 aromatic heterocycles. The Labute approximate surface area is 135 Å². The topological polar surface area (TPSA) is 90.9 Å². The molecule has 0 aliphatic heterocycles. The summed E-state index contributed by atoms with van der Waals surface area (Å²) in [5, 5.41) is 14.8. The van der Waals surface area contributed by atoms with E-state index >= 15 is 0 Å². The Hall–Kier alpha value is -3.26. The third-order valence-corrected chi connectivity index (χ3v) is 3.33. The van der Waals surface area contributed by atoms with Gasteiger partial charge in [-0.1, -0.05) is 24.3 Å². The fourth-order valence-corrected chi connectivity index (χ4v) is 1.98. The molecule has 0 fully saturated rings. The molecule has 0 heterocycles. The molecule has 0 aliphatic rings. The summed E-state index contributed by atoms with van der Waals surface area (Å²) in [5.74, 6) is -0.463. The number of carbonyl (C=O) groups is 1. The molecule has 1 amide bonds. The van der Waals surface area contributed by atoms with Gasteiger partial charge in [0.2, 0.25) is 0 Å². The van der Waals surface area contributed by atoms with Crippen LogP contribution in [0.2, 0.25) is 0 Å². The molecule has 0 aliphatic carbocycles. The van der Waals surface area contributed by atoms with Crippen LogP contribution in [0.25, 0.3) is 0 Å². The van der Waals surface area contributed by atoms with Crippen molar-refractivity contribution in [2.24, 2.45) is 0 Å². The van der Waals surface area contributed by atoms with Crippen molar-refractivity contribution in [3.8, 4) is 6.07 Å². The summed E-state index contributed by atoms with van der Waals surface area (Å²) >= 11 is 0. The Bertz CT molecular complexity index is 757. The van der Waals surface area contributed by atoms with Crippen molar-refractivity contribution in [2.45, 2.75) is 13.5 Å². The molecule has 0 unspecified atom stereocenters. The van der Waals surface area contributed by atoms with Gasteiger partial charge in [-0.2, -0.15) is 5.26 Å². The first-order valence-corrected chi connectivity index (χ1v) is 7.15. The second kappa shape index (κ2) is 7.66. The first-order chi connectivity index (χ1) is 11.1. The molecular formula is C18H18N4O. The maximum atomic E-state index is 12.1. The number of nitrogens with zero attached hydrogens (tertiary/aromatic N) is 1. The van der Waals surface area contributed by atoms with Crippen LogP contribution in [0.15, 0.2) is 60.3 Å². The molecule has 5 nitrogen and oxygen atoms in total. The van der Waals surface area contributed by atoms with Crippen LogP contribution < -0.4 is 16.4 Å². The predicted octanol–water partition coefficient (Wildman–Crippen LogP) is 2.71. The zero-order chi connectivity index (χ0) is 16.7. The van der Waals surface area contributed by atoms with E-state index in [2.05, 4.69) is 10.6 Å². The minimum atomic E-state index is -0.463. The summed E-state index contributed by atoms with van der Waals surface area (Å²) in [6.45, 7) is 2.56. The number of hydrogen-bond donors (Lipinski definition) is 3. The summed E-state index contributed by atoms with van der Waals surface area (Å²) in [7, 11) is 0. The van der Waals surface area contributed by atoms with E-state index in [1.165, 1.54) is 6.20 Å². The minimum Gasteiger partial charge on any atom is -0.399 e. The van der Waals surface area contributed by atoms with Crippen molar-refractivity contribution in [3.05, 3.63) is 71.4 Å². The van der Waals surface area contributed by atoms with Gasteiger partial charge in [0.1, 0.15) is 11.6 Å². The Kier molecular flexibility index (Phi) is 5.37. The fraction of sp³-hybridized carbons (Fsp3) is 0.111. The first-order valence-electron chi connectivity index (χ1n) is 7.15. The molecule has 23 heavy (non-hydrogen) atoms.